The van der Waals surface area contributed by atoms with Crippen LogP contribution in [0.2, 0.25) is 0 Å². The Bertz CT molecular complexity index is 61.7. The number of methoxy groups -OCH3 is 1. The fourth-order valence-electron chi connectivity index (χ4n) is 0.943. The number of rotatable bonds is 6. The second-order valence-electron chi connectivity index (χ2n) is 3.00. The van der Waals surface area contributed by atoms with E-state index in [1.165, 1.54) is 25.7 Å². The van der Waals surface area contributed by atoms with Gasteiger partial charge >= 0.3 is 0 Å². The van der Waals surface area contributed by atoms with Gasteiger partial charge < -0.3 is 4.74 Å². The quantitative estimate of drug-likeness (QED) is 0.521. The summed E-state index contributed by atoms with van der Waals surface area (Å²) in [6.07, 6.45) is 5.22. The molecule has 0 saturated heterocycles. The molecule has 0 aliphatic heterocycles. The van der Waals surface area contributed by atoms with Crippen molar-refractivity contribution in [2.75, 3.05) is 13.7 Å². The lowest BCUT2D eigenvalue weighted by molar-refractivity contribution is 0.190. The Morgan fingerprint density at radius 1 is 1.30 bits per heavy atom. The molecule has 1 heteroatoms. The average Bonchev–Trinajstić information content (AvgIpc) is 1.98. The van der Waals surface area contributed by atoms with Crippen LogP contribution in [0.5, 0.6) is 0 Å². The zero-order chi connectivity index (χ0) is 7.82. The third-order valence-corrected chi connectivity index (χ3v) is 1.99. The van der Waals surface area contributed by atoms with E-state index in [2.05, 4.69) is 13.8 Å². The Morgan fingerprint density at radius 3 is 2.50 bits per heavy atom. The van der Waals surface area contributed by atoms with Crippen LogP contribution in [0.25, 0.3) is 0 Å². The Hall–Kier alpha value is -0.0400. The van der Waals surface area contributed by atoms with Crippen LogP contribution in [0.4, 0.5) is 0 Å². The van der Waals surface area contributed by atoms with Crippen LogP contribution in [0, 0.1) is 5.92 Å². The second-order valence-corrected chi connectivity index (χ2v) is 3.00. The second kappa shape index (κ2) is 7.07. The molecule has 62 valence electrons. The molecular formula is C9H20O. The zero-order valence-corrected chi connectivity index (χ0v) is 7.52. The summed E-state index contributed by atoms with van der Waals surface area (Å²) < 4.78 is 4.96. The van der Waals surface area contributed by atoms with Crippen LogP contribution in [-0.4, -0.2) is 13.7 Å². The van der Waals surface area contributed by atoms with Crippen molar-refractivity contribution in [3.8, 4) is 0 Å². The van der Waals surface area contributed by atoms with Gasteiger partial charge in [0.1, 0.15) is 0 Å². The third kappa shape index (κ3) is 6.09. The minimum Gasteiger partial charge on any atom is -0.385 e. The van der Waals surface area contributed by atoms with Gasteiger partial charge in [0.05, 0.1) is 0 Å². The lowest BCUT2D eigenvalue weighted by Crippen LogP contribution is -1.94. The molecule has 0 aliphatic rings. The van der Waals surface area contributed by atoms with Crippen molar-refractivity contribution < 1.29 is 4.74 Å². The van der Waals surface area contributed by atoms with Gasteiger partial charge in [0, 0.05) is 13.7 Å². The van der Waals surface area contributed by atoms with Gasteiger partial charge in [0.15, 0.2) is 0 Å². The molecule has 1 unspecified atom stereocenters. The van der Waals surface area contributed by atoms with E-state index >= 15 is 0 Å². The zero-order valence-electron chi connectivity index (χ0n) is 7.52. The van der Waals surface area contributed by atoms with Gasteiger partial charge in [-0.1, -0.05) is 33.1 Å². The highest BCUT2D eigenvalue weighted by molar-refractivity contribution is 4.49. The number of ether oxygens (including phenoxy) is 1. The first kappa shape index (κ1) is 9.96. The predicted molar refractivity (Wildman–Crippen MR) is 45.2 cm³/mol. The fraction of sp³-hybridized carbons (Fsp3) is 1.00. The van der Waals surface area contributed by atoms with Gasteiger partial charge in [-0.15, -0.1) is 0 Å². The molecule has 1 nitrogen and oxygen atoms in total. The summed E-state index contributed by atoms with van der Waals surface area (Å²) in [5.74, 6) is 0.900. The van der Waals surface area contributed by atoms with Crippen molar-refractivity contribution in [2.45, 2.75) is 39.5 Å². The van der Waals surface area contributed by atoms with E-state index in [-0.39, 0.29) is 0 Å². The number of hydrogen-bond donors (Lipinski definition) is 0. The third-order valence-electron chi connectivity index (χ3n) is 1.99. The standard InChI is InChI=1S/C9H20O/c1-4-9(2)7-5-6-8-10-3/h9H,4-8H2,1-3H3. The fourth-order valence-corrected chi connectivity index (χ4v) is 0.943. The monoisotopic (exact) mass is 144 g/mol. The van der Waals surface area contributed by atoms with Crippen LogP contribution in [0.1, 0.15) is 39.5 Å². The van der Waals surface area contributed by atoms with Gasteiger partial charge in [-0.05, 0) is 12.3 Å². The van der Waals surface area contributed by atoms with Crippen LogP contribution in [0.15, 0.2) is 0 Å². The van der Waals surface area contributed by atoms with E-state index < -0.39 is 0 Å². The van der Waals surface area contributed by atoms with E-state index in [1.54, 1.807) is 7.11 Å². The summed E-state index contributed by atoms with van der Waals surface area (Å²) in [7, 11) is 1.77. The maximum atomic E-state index is 4.96. The van der Waals surface area contributed by atoms with E-state index in [9.17, 15) is 0 Å². The molecule has 0 fully saturated rings. The molecule has 0 bridgehead atoms. The van der Waals surface area contributed by atoms with Crippen molar-refractivity contribution in [1.82, 2.24) is 0 Å². The molecule has 0 aromatic carbocycles. The van der Waals surface area contributed by atoms with Gasteiger partial charge in [-0.25, -0.2) is 0 Å². The van der Waals surface area contributed by atoms with Crippen LogP contribution in [0.3, 0.4) is 0 Å². The predicted octanol–water partition coefficient (Wildman–Crippen LogP) is 2.85. The highest BCUT2D eigenvalue weighted by Crippen LogP contribution is 2.10. The molecule has 0 spiro atoms. The number of unbranched alkanes of at least 4 members (excludes halogenated alkanes) is 1. The largest absolute Gasteiger partial charge is 0.385 e. The van der Waals surface area contributed by atoms with Gasteiger partial charge in [-0.2, -0.15) is 0 Å². The van der Waals surface area contributed by atoms with Crippen molar-refractivity contribution in [3.63, 3.8) is 0 Å². The first-order chi connectivity index (χ1) is 4.81. The SMILES string of the molecule is CCC(C)CCCCOC. The molecule has 0 N–H and O–H groups in total. The van der Waals surface area contributed by atoms with Crippen LogP contribution >= 0.6 is 0 Å². The summed E-state index contributed by atoms with van der Waals surface area (Å²) in [5.41, 5.74) is 0. The molecule has 0 heterocycles. The van der Waals surface area contributed by atoms with Gasteiger partial charge in [0.25, 0.3) is 0 Å². The Kier molecular flexibility index (Phi) is 7.04. The minimum atomic E-state index is 0.900. The lowest BCUT2D eigenvalue weighted by atomic mass is 10.0. The molecule has 0 aromatic heterocycles. The summed E-state index contributed by atoms with van der Waals surface area (Å²) in [6.45, 7) is 5.49. The average molecular weight is 144 g/mol. The van der Waals surface area contributed by atoms with E-state index in [0.717, 1.165) is 12.5 Å². The molecule has 0 saturated carbocycles. The van der Waals surface area contributed by atoms with Gasteiger partial charge in [0.2, 0.25) is 0 Å². The van der Waals surface area contributed by atoms with Crippen LogP contribution in [-0.2, 0) is 4.74 Å². The molecule has 0 radical (unpaired) electrons. The molecule has 0 aromatic rings. The molecule has 0 rings (SSSR count). The van der Waals surface area contributed by atoms with Crippen LogP contribution < -0.4 is 0 Å². The highest BCUT2D eigenvalue weighted by Gasteiger charge is 1.96. The van der Waals surface area contributed by atoms with E-state index in [1.807, 2.05) is 0 Å². The lowest BCUT2D eigenvalue weighted by Gasteiger charge is -2.06. The normalized spacial score (nSPS) is 13.5. The maximum Gasteiger partial charge on any atom is 0.0462 e. The Balaban J connectivity index is 2.89. The Labute approximate surface area is 64.8 Å². The van der Waals surface area contributed by atoms with Crippen molar-refractivity contribution >= 4 is 0 Å². The molecule has 0 aliphatic carbocycles. The summed E-state index contributed by atoms with van der Waals surface area (Å²) in [4.78, 5) is 0. The first-order valence-corrected chi connectivity index (χ1v) is 4.30. The van der Waals surface area contributed by atoms with E-state index in [4.69, 9.17) is 4.74 Å². The molecular weight excluding hydrogens is 124 g/mol. The van der Waals surface area contributed by atoms with Crippen molar-refractivity contribution in [3.05, 3.63) is 0 Å². The topological polar surface area (TPSA) is 9.23 Å². The summed E-state index contributed by atoms with van der Waals surface area (Å²) >= 11 is 0. The first-order valence-electron chi connectivity index (χ1n) is 4.30. The van der Waals surface area contributed by atoms with Crippen molar-refractivity contribution in [1.29, 1.82) is 0 Å². The van der Waals surface area contributed by atoms with E-state index in [0.29, 0.717) is 0 Å². The summed E-state index contributed by atoms with van der Waals surface area (Å²) in [5, 5.41) is 0. The highest BCUT2D eigenvalue weighted by atomic mass is 16.5. The van der Waals surface area contributed by atoms with Crippen molar-refractivity contribution in [2.24, 2.45) is 5.92 Å². The smallest absolute Gasteiger partial charge is 0.0462 e. The molecule has 1 atom stereocenters. The number of hydrogen-bond acceptors (Lipinski definition) is 1. The van der Waals surface area contributed by atoms with Gasteiger partial charge in [-0.3, -0.25) is 0 Å². The minimum absolute atomic E-state index is 0.900. The maximum absolute atomic E-state index is 4.96. The summed E-state index contributed by atoms with van der Waals surface area (Å²) in [6, 6.07) is 0. The Morgan fingerprint density at radius 2 is 2.00 bits per heavy atom. The molecule has 0 amide bonds. The molecule has 10 heavy (non-hydrogen) atoms.